The van der Waals surface area contributed by atoms with Gasteiger partial charge in [0.2, 0.25) is 5.91 Å². The molecule has 0 spiro atoms. The van der Waals surface area contributed by atoms with Gasteiger partial charge < -0.3 is 15.2 Å². The summed E-state index contributed by atoms with van der Waals surface area (Å²) in [5, 5.41) is 4.91. The highest BCUT2D eigenvalue weighted by Crippen LogP contribution is 2.40. The van der Waals surface area contributed by atoms with E-state index in [0.717, 1.165) is 47.0 Å². The van der Waals surface area contributed by atoms with Crippen molar-refractivity contribution < 1.29 is 9.59 Å². The number of nitrogens with zero attached hydrogens (tertiary/aromatic N) is 1. The predicted molar refractivity (Wildman–Crippen MR) is 129 cm³/mol. The molecule has 2 aliphatic rings. The first kappa shape index (κ1) is 21.4. The van der Waals surface area contributed by atoms with Crippen LogP contribution in [0.15, 0.2) is 53.4 Å². The van der Waals surface area contributed by atoms with Crippen molar-refractivity contribution in [3.63, 3.8) is 0 Å². The highest BCUT2D eigenvalue weighted by atomic mass is 35.5. The normalized spacial score (nSPS) is 21.6. The number of aromatic amines is 1. The smallest absolute Gasteiger partial charge is 0.272 e. The average molecular weight is 468 g/mol. The summed E-state index contributed by atoms with van der Waals surface area (Å²) in [6, 6.07) is 15.6. The van der Waals surface area contributed by atoms with Crippen LogP contribution in [-0.2, 0) is 11.3 Å². The van der Waals surface area contributed by atoms with Gasteiger partial charge in [-0.3, -0.25) is 9.59 Å². The lowest BCUT2D eigenvalue weighted by Gasteiger charge is -2.39. The Morgan fingerprint density at radius 1 is 1.19 bits per heavy atom. The third-order valence-electron chi connectivity index (χ3n) is 6.64. The molecule has 1 aromatic heterocycles. The molecule has 1 aliphatic carbocycles. The van der Waals surface area contributed by atoms with E-state index in [0.29, 0.717) is 23.0 Å². The van der Waals surface area contributed by atoms with E-state index in [-0.39, 0.29) is 17.9 Å². The summed E-state index contributed by atoms with van der Waals surface area (Å²) in [7, 11) is 0. The number of carbonyl (C=O) groups is 2. The van der Waals surface area contributed by atoms with Crippen LogP contribution in [0, 0.1) is 0 Å². The topological polar surface area (TPSA) is 65.2 Å². The van der Waals surface area contributed by atoms with Crippen LogP contribution >= 0.6 is 23.4 Å². The van der Waals surface area contributed by atoms with E-state index in [2.05, 4.69) is 10.3 Å². The zero-order valence-corrected chi connectivity index (χ0v) is 19.6. The Bertz CT molecular complexity index is 1170. The minimum Gasteiger partial charge on any atom is -0.351 e. The predicted octanol–water partition coefficient (Wildman–Crippen LogP) is 5.39. The molecular weight excluding hydrogens is 442 g/mol. The minimum absolute atomic E-state index is 0.0753. The number of nitrogens with one attached hydrogen (secondary N) is 2. The lowest BCUT2D eigenvalue weighted by Crippen LogP contribution is -2.60. The monoisotopic (exact) mass is 467 g/mol. The molecule has 7 heteroatoms. The number of benzene rings is 2. The number of rotatable bonds is 4. The Hall–Kier alpha value is -2.44. The maximum absolute atomic E-state index is 13.9. The summed E-state index contributed by atoms with van der Waals surface area (Å²) in [5.41, 5.74) is 1.45. The third-order valence-corrected chi connectivity index (χ3v) is 8.32. The van der Waals surface area contributed by atoms with Crippen LogP contribution in [0.25, 0.3) is 10.9 Å². The average Bonchev–Trinajstić information content (AvgIpc) is 3.42. The molecule has 5 nitrogen and oxygen atoms in total. The summed E-state index contributed by atoms with van der Waals surface area (Å²) >= 11 is 7.65. The zero-order valence-electron chi connectivity index (χ0n) is 18.0. The van der Waals surface area contributed by atoms with Gasteiger partial charge in [-0.1, -0.05) is 54.8 Å². The Labute approximate surface area is 196 Å². The van der Waals surface area contributed by atoms with Crippen molar-refractivity contribution in [1.82, 2.24) is 15.2 Å². The summed E-state index contributed by atoms with van der Waals surface area (Å²) in [6.45, 7) is 2.23. The van der Waals surface area contributed by atoms with Crippen LogP contribution in [0.4, 0.5) is 0 Å². The van der Waals surface area contributed by atoms with E-state index in [1.165, 1.54) is 0 Å². The van der Waals surface area contributed by atoms with E-state index in [1.54, 1.807) is 16.7 Å². The molecule has 0 bridgehead atoms. The van der Waals surface area contributed by atoms with Gasteiger partial charge in [-0.05, 0) is 43.5 Å². The zero-order chi connectivity index (χ0) is 22.3. The number of hydrogen-bond donors (Lipinski definition) is 2. The minimum atomic E-state index is -0.981. The number of fused-ring (bicyclic) bond motifs is 3. The lowest BCUT2D eigenvalue weighted by atomic mass is 9.98. The maximum Gasteiger partial charge on any atom is 0.272 e. The summed E-state index contributed by atoms with van der Waals surface area (Å²) in [5.74, 6) is 0.258. The number of aromatic nitrogens is 1. The first-order valence-electron chi connectivity index (χ1n) is 11.1. The van der Waals surface area contributed by atoms with Gasteiger partial charge in [-0.2, -0.15) is 0 Å². The Morgan fingerprint density at radius 3 is 2.66 bits per heavy atom. The highest BCUT2D eigenvalue weighted by Gasteiger charge is 2.46. The summed E-state index contributed by atoms with van der Waals surface area (Å²) in [4.78, 5) is 33.5. The SMILES string of the molecule is C[C@@]1(C(=O)NC2CCCC2)CSc2c([nH]c3ccccc23)C(=O)N1Cc1ccc(Cl)cc1. The van der Waals surface area contributed by atoms with E-state index in [4.69, 9.17) is 11.6 Å². The molecule has 0 saturated heterocycles. The summed E-state index contributed by atoms with van der Waals surface area (Å²) < 4.78 is 0. The number of thioether (sulfide) groups is 1. The van der Waals surface area contributed by atoms with Crippen molar-refractivity contribution in [3.8, 4) is 0 Å². The molecule has 166 valence electrons. The molecule has 2 amide bonds. The van der Waals surface area contributed by atoms with Gasteiger partial charge in [-0.15, -0.1) is 11.8 Å². The second kappa shape index (κ2) is 8.49. The fourth-order valence-corrected chi connectivity index (χ4v) is 6.14. The number of amides is 2. The van der Waals surface area contributed by atoms with E-state index >= 15 is 0 Å². The van der Waals surface area contributed by atoms with Crippen molar-refractivity contribution in [1.29, 1.82) is 0 Å². The van der Waals surface area contributed by atoms with E-state index in [1.807, 2.05) is 55.5 Å². The molecule has 3 aromatic rings. The van der Waals surface area contributed by atoms with Gasteiger partial charge in [0.05, 0.1) is 0 Å². The number of H-pyrrole nitrogens is 1. The fourth-order valence-electron chi connectivity index (χ4n) is 4.68. The third kappa shape index (κ3) is 3.80. The van der Waals surface area contributed by atoms with Crippen LogP contribution in [-0.4, -0.2) is 39.0 Å². The molecule has 2 N–H and O–H groups in total. The van der Waals surface area contributed by atoms with Crippen LogP contribution in [0.2, 0.25) is 5.02 Å². The molecule has 32 heavy (non-hydrogen) atoms. The Balaban J connectivity index is 1.55. The maximum atomic E-state index is 13.9. The molecule has 1 fully saturated rings. The highest BCUT2D eigenvalue weighted by molar-refractivity contribution is 7.99. The lowest BCUT2D eigenvalue weighted by molar-refractivity contribution is -0.131. The second-order valence-electron chi connectivity index (χ2n) is 8.91. The van der Waals surface area contributed by atoms with Crippen LogP contribution in [0.3, 0.4) is 0 Å². The van der Waals surface area contributed by atoms with E-state index < -0.39 is 5.54 Å². The largest absolute Gasteiger partial charge is 0.351 e. The van der Waals surface area contributed by atoms with Crippen molar-refractivity contribution in [2.24, 2.45) is 0 Å². The quantitative estimate of drug-likeness (QED) is 0.540. The van der Waals surface area contributed by atoms with Gasteiger partial charge in [0.1, 0.15) is 11.2 Å². The Kier molecular flexibility index (Phi) is 5.68. The van der Waals surface area contributed by atoms with Crippen LogP contribution < -0.4 is 5.32 Å². The van der Waals surface area contributed by atoms with Gasteiger partial charge >= 0.3 is 0 Å². The van der Waals surface area contributed by atoms with Gasteiger partial charge in [0, 0.05) is 39.2 Å². The van der Waals surface area contributed by atoms with Gasteiger partial charge in [0.15, 0.2) is 0 Å². The summed E-state index contributed by atoms with van der Waals surface area (Å²) in [6.07, 6.45) is 4.29. The van der Waals surface area contributed by atoms with Crippen molar-refractivity contribution in [2.75, 3.05) is 5.75 Å². The van der Waals surface area contributed by atoms with Crippen molar-refractivity contribution in [2.45, 2.75) is 55.6 Å². The van der Waals surface area contributed by atoms with Crippen LogP contribution in [0.5, 0.6) is 0 Å². The van der Waals surface area contributed by atoms with Crippen molar-refractivity contribution in [3.05, 3.63) is 64.8 Å². The molecule has 2 aromatic carbocycles. The molecular formula is C25H26ClN3O2S. The number of hydrogen-bond acceptors (Lipinski definition) is 3. The van der Waals surface area contributed by atoms with Gasteiger partial charge in [-0.25, -0.2) is 0 Å². The molecule has 5 rings (SSSR count). The molecule has 1 saturated carbocycles. The molecule has 2 heterocycles. The molecule has 1 atom stereocenters. The molecule has 0 unspecified atom stereocenters. The molecule has 0 radical (unpaired) electrons. The van der Waals surface area contributed by atoms with Gasteiger partial charge in [0.25, 0.3) is 5.91 Å². The van der Waals surface area contributed by atoms with E-state index in [9.17, 15) is 9.59 Å². The Morgan fingerprint density at radius 2 is 1.91 bits per heavy atom. The first-order valence-corrected chi connectivity index (χ1v) is 12.4. The van der Waals surface area contributed by atoms with Crippen LogP contribution in [0.1, 0.15) is 48.7 Å². The standard InChI is InChI=1S/C25H26ClN3O2S/c1-25(24(31)27-18-6-2-3-7-18)15-32-22-19-8-4-5-9-20(19)28-21(22)23(30)29(25)14-16-10-12-17(26)13-11-16/h4-5,8-13,18,28H,2-3,6-7,14-15H2,1H3,(H,27,31)/t25-/m0/s1. The fraction of sp³-hybridized carbons (Fsp3) is 0.360. The molecule has 1 aliphatic heterocycles. The number of carbonyl (C=O) groups excluding carboxylic acids is 2. The number of para-hydroxylation sites is 1. The first-order chi connectivity index (χ1) is 15.5. The second-order valence-corrected chi connectivity index (χ2v) is 10.3. The van der Waals surface area contributed by atoms with Crippen molar-refractivity contribution >= 4 is 46.1 Å². The number of halogens is 1.